The molecule has 0 aliphatic carbocycles. The van der Waals surface area contributed by atoms with Gasteiger partial charge >= 0.3 is 0 Å². The van der Waals surface area contributed by atoms with Gasteiger partial charge in [0.2, 0.25) is 5.91 Å². The van der Waals surface area contributed by atoms with Crippen LogP contribution in [0.1, 0.15) is 30.0 Å². The molecule has 3 nitrogen and oxygen atoms in total. The van der Waals surface area contributed by atoms with Crippen molar-refractivity contribution in [3.05, 3.63) is 59.7 Å². The van der Waals surface area contributed by atoms with Gasteiger partial charge in [-0.25, -0.2) is 0 Å². The van der Waals surface area contributed by atoms with E-state index in [1.165, 1.54) is 16.0 Å². The normalized spacial score (nSPS) is 22.5. The first kappa shape index (κ1) is 15.6. The van der Waals surface area contributed by atoms with E-state index in [1.807, 2.05) is 12.1 Å². The van der Waals surface area contributed by atoms with Crippen molar-refractivity contribution in [1.29, 1.82) is 0 Å². The van der Waals surface area contributed by atoms with E-state index in [2.05, 4.69) is 41.3 Å². The second kappa shape index (κ2) is 6.52. The molecule has 0 saturated carbocycles. The lowest BCUT2D eigenvalue weighted by Gasteiger charge is -2.27. The third-order valence-corrected chi connectivity index (χ3v) is 6.26. The predicted molar refractivity (Wildman–Crippen MR) is 96.5 cm³/mol. The summed E-state index contributed by atoms with van der Waals surface area (Å²) in [5.41, 5.74) is 2.52. The maximum atomic E-state index is 13.1. The number of carbonyl (C=O) groups is 1. The highest BCUT2D eigenvalue weighted by Gasteiger charge is 2.37. The molecule has 2 aromatic rings. The molecule has 2 unspecified atom stereocenters. The summed E-state index contributed by atoms with van der Waals surface area (Å²) >= 11 is 1.72. The van der Waals surface area contributed by atoms with E-state index in [0.717, 1.165) is 31.6 Å². The quantitative estimate of drug-likeness (QED) is 0.844. The first-order valence-electron chi connectivity index (χ1n) is 8.45. The number of hydrogen-bond donors (Lipinski definition) is 0. The van der Waals surface area contributed by atoms with E-state index < -0.39 is 0 Å². The van der Waals surface area contributed by atoms with Crippen LogP contribution in [0.5, 0.6) is 5.75 Å². The Labute approximate surface area is 147 Å². The van der Waals surface area contributed by atoms with Crippen molar-refractivity contribution in [2.24, 2.45) is 0 Å². The van der Waals surface area contributed by atoms with Crippen LogP contribution in [0.2, 0.25) is 0 Å². The minimum atomic E-state index is 0.0289. The van der Waals surface area contributed by atoms with Crippen LogP contribution in [-0.4, -0.2) is 29.7 Å². The van der Waals surface area contributed by atoms with E-state index in [-0.39, 0.29) is 17.2 Å². The molecule has 0 radical (unpaired) electrons. The molecule has 2 aliphatic heterocycles. The van der Waals surface area contributed by atoms with Crippen LogP contribution < -0.4 is 4.74 Å². The Bertz CT molecular complexity index is 719. The molecule has 0 N–H and O–H groups in total. The number of methoxy groups -OCH3 is 1. The van der Waals surface area contributed by atoms with Crippen LogP contribution in [0, 0.1) is 0 Å². The van der Waals surface area contributed by atoms with E-state index in [9.17, 15) is 4.79 Å². The summed E-state index contributed by atoms with van der Waals surface area (Å²) in [4.78, 5) is 16.5. The van der Waals surface area contributed by atoms with E-state index >= 15 is 0 Å². The molecule has 2 atom stereocenters. The van der Waals surface area contributed by atoms with E-state index in [0.29, 0.717) is 0 Å². The van der Waals surface area contributed by atoms with Crippen LogP contribution in [0.4, 0.5) is 0 Å². The number of ether oxygens (including phenoxy) is 1. The lowest BCUT2D eigenvalue weighted by Crippen LogP contribution is -2.37. The van der Waals surface area contributed by atoms with Crippen molar-refractivity contribution in [1.82, 2.24) is 4.90 Å². The zero-order valence-corrected chi connectivity index (χ0v) is 14.6. The monoisotopic (exact) mass is 339 g/mol. The predicted octanol–water partition coefficient (Wildman–Crippen LogP) is 4.08. The maximum absolute atomic E-state index is 13.1. The Morgan fingerprint density at radius 3 is 2.71 bits per heavy atom. The molecule has 24 heavy (non-hydrogen) atoms. The SMILES string of the molecule is COc1ccc(C2CCCN2C(=O)C2Cc3ccccc3S2)cc1. The van der Waals surface area contributed by atoms with Crippen molar-refractivity contribution in [3.63, 3.8) is 0 Å². The van der Waals surface area contributed by atoms with Crippen molar-refractivity contribution >= 4 is 17.7 Å². The summed E-state index contributed by atoms with van der Waals surface area (Å²) in [5.74, 6) is 1.14. The van der Waals surface area contributed by atoms with E-state index in [4.69, 9.17) is 4.74 Å². The fourth-order valence-corrected chi connectivity index (χ4v) is 4.97. The van der Waals surface area contributed by atoms with Crippen molar-refractivity contribution in [2.75, 3.05) is 13.7 Å². The molecule has 0 spiro atoms. The van der Waals surface area contributed by atoms with Crippen LogP contribution in [0.15, 0.2) is 53.4 Å². The smallest absolute Gasteiger partial charge is 0.236 e. The van der Waals surface area contributed by atoms with Crippen LogP contribution in [-0.2, 0) is 11.2 Å². The fraction of sp³-hybridized carbons (Fsp3) is 0.350. The average molecular weight is 339 g/mol. The third-order valence-electron chi connectivity index (χ3n) is 4.96. The van der Waals surface area contributed by atoms with Crippen LogP contribution in [0.25, 0.3) is 0 Å². The zero-order valence-electron chi connectivity index (χ0n) is 13.8. The van der Waals surface area contributed by atoms with Crippen molar-refractivity contribution < 1.29 is 9.53 Å². The number of nitrogens with zero attached hydrogens (tertiary/aromatic N) is 1. The molecule has 1 amide bonds. The van der Waals surface area contributed by atoms with Gasteiger partial charge in [0.05, 0.1) is 18.4 Å². The number of thioether (sulfide) groups is 1. The molecular formula is C20H21NO2S. The van der Waals surface area contributed by atoms with Crippen molar-refractivity contribution in [3.8, 4) is 5.75 Å². The highest BCUT2D eigenvalue weighted by atomic mass is 32.2. The van der Waals surface area contributed by atoms with E-state index in [1.54, 1.807) is 18.9 Å². The summed E-state index contributed by atoms with van der Waals surface area (Å²) < 4.78 is 5.24. The van der Waals surface area contributed by atoms with Gasteiger partial charge in [-0.15, -0.1) is 11.8 Å². The van der Waals surface area contributed by atoms with Crippen LogP contribution in [0.3, 0.4) is 0 Å². The molecule has 124 valence electrons. The summed E-state index contributed by atoms with van der Waals surface area (Å²) in [6.45, 7) is 0.864. The molecule has 0 aromatic heterocycles. The average Bonchev–Trinajstić information content (AvgIpc) is 3.28. The first-order chi connectivity index (χ1) is 11.8. The maximum Gasteiger partial charge on any atom is 0.236 e. The van der Waals surface area contributed by atoms with Gasteiger partial charge < -0.3 is 9.64 Å². The number of hydrogen-bond acceptors (Lipinski definition) is 3. The van der Waals surface area contributed by atoms with Crippen molar-refractivity contribution in [2.45, 2.75) is 35.4 Å². The molecule has 4 heteroatoms. The van der Waals surface area contributed by atoms with Gasteiger partial charge in [-0.1, -0.05) is 30.3 Å². The van der Waals surface area contributed by atoms with Gasteiger partial charge in [-0.2, -0.15) is 0 Å². The molecular weight excluding hydrogens is 318 g/mol. The fourth-order valence-electron chi connectivity index (χ4n) is 3.71. The molecule has 2 heterocycles. The second-order valence-corrected chi connectivity index (χ2v) is 7.63. The molecule has 1 fully saturated rings. The van der Waals surface area contributed by atoms with Gasteiger partial charge in [0.15, 0.2) is 0 Å². The number of amides is 1. The summed E-state index contributed by atoms with van der Waals surface area (Å²) in [6.07, 6.45) is 2.97. The topological polar surface area (TPSA) is 29.5 Å². The second-order valence-electron chi connectivity index (χ2n) is 6.38. The number of benzene rings is 2. The minimum Gasteiger partial charge on any atom is -0.497 e. The molecule has 2 aromatic carbocycles. The Kier molecular flexibility index (Phi) is 4.23. The van der Waals surface area contributed by atoms with Gasteiger partial charge in [0.1, 0.15) is 5.75 Å². The Morgan fingerprint density at radius 1 is 1.17 bits per heavy atom. The molecule has 4 rings (SSSR count). The lowest BCUT2D eigenvalue weighted by atomic mass is 10.0. The Balaban J connectivity index is 1.51. The molecule has 2 aliphatic rings. The number of carbonyl (C=O) groups excluding carboxylic acids is 1. The summed E-state index contributed by atoms with van der Waals surface area (Å²) in [6, 6.07) is 16.7. The van der Waals surface area contributed by atoms with Gasteiger partial charge in [-0.3, -0.25) is 4.79 Å². The highest BCUT2D eigenvalue weighted by Crippen LogP contribution is 2.40. The minimum absolute atomic E-state index is 0.0289. The van der Waals surface area contributed by atoms with Gasteiger partial charge in [0.25, 0.3) is 0 Å². The van der Waals surface area contributed by atoms with Gasteiger partial charge in [-0.05, 0) is 48.6 Å². The summed E-state index contributed by atoms with van der Waals surface area (Å²) in [5, 5.41) is 0.0289. The molecule has 0 bridgehead atoms. The molecule has 1 saturated heterocycles. The number of rotatable bonds is 3. The third kappa shape index (κ3) is 2.80. The summed E-state index contributed by atoms with van der Waals surface area (Å²) in [7, 11) is 1.68. The number of likely N-dealkylation sites (tertiary alicyclic amines) is 1. The standard InChI is InChI=1S/C20H21NO2S/c1-23-16-10-8-14(9-11-16)17-6-4-12-21(17)20(22)19-13-15-5-2-3-7-18(15)24-19/h2-3,5,7-11,17,19H,4,6,12-13H2,1H3. The Morgan fingerprint density at radius 2 is 1.96 bits per heavy atom. The van der Waals surface area contributed by atoms with Gasteiger partial charge in [0, 0.05) is 11.4 Å². The zero-order chi connectivity index (χ0) is 16.5. The lowest BCUT2D eigenvalue weighted by molar-refractivity contribution is -0.131. The first-order valence-corrected chi connectivity index (χ1v) is 9.33. The largest absolute Gasteiger partial charge is 0.497 e. The number of fused-ring (bicyclic) bond motifs is 1. The Hall–Kier alpha value is -1.94. The highest BCUT2D eigenvalue weighted by molar-refractivity contribution is 8.01. The van der Waals surface area contributed by atoms with Crippen LogP contribution >= 0.6 is 11.8 Å².